The highest BCUT2D eigenvalue weighted by atomic mass is 19.1. The number of nitrogens with zero attached hydrogens (tertiary/aromatic N) is 6. The molecule has 0 spiro atoms. The Kier molecular flexibility index (Phi) is 5.63. The summed E-state index contributed by atoms with van der Waals surface area (Å²) in [7, 11) is 1.25. The number of aliphatic carboxylic acids is 1. The summed E-state index contributed by atoms with van der Waals surface area (Å²) < 4.78 is 35.8. The Balaban J connectivity index is 1.61. The van der Waals surface area contributed by atoms with E-state index in [1.807, 2.05) is 4.90 Å². The van der Waals surface area contributed by atoms with Gasteiger partial charge in [-0.25, -0.2) is 23.7 Å². The zero-order chi connectivity index (χ0) is 25.6. The molecule has 5 rings (SSSR count). The number of nitrogen functional groups attached to an aromatic ring is 1. The normalized spacial score (nSPS) is 17.6. The molecule has 0 aliphatic carbocycles. The van der Waals surface area contributed by atoms with Crippen LogP contribution in [0, 0.1) is 11.6 Å². The fraction of sp³-hybridized carbons (Fsp3) is 0.261. The number of hydrogen-bond acceptors (Lipinski definition) is 9. The van der Waals surface area contributed by atoms with Crippen LogP contribution in [0.1, 0.15) is 12.0 Å². The van der Waals surface area contributed by atoms with Gasteiger partial charge in [0, 0.05) is 24.7 Å². The molecule has 5 N–H and O–H groups in total. The number of nitrogens with two attached hydrogens (primary N) is 2. The highest BCUT2D eigenvalue weighted by Crippen LogP contribution is 2.34. The van der Waals surface area contributed by atoms with Gasteiger partial charge in [0.2, 0.25) is 0 Å². The number of hydrogen-bond donors (Lipinski definition) is 3. The number of anilines is 2. The van der Waals surface area contributed by atoms with E-state index >= 15 is 0 Å². The smallest absolute Gasteiger partial charge is 0.325 e. The Labute approximate surface area is 203 Å². The number of imidazole rings is 1. The molecule has 11 nitrogen and oxygen atoms in total. The van der Waals surface area contributed by atoms with E-state index in [1.54, 1.807) is 17.0 Å². The van der Waals surface area contributed by atoms with E-state index in [0.717, 1.165) is 12.1 Å². The van der Waals surface area contributed by atoms with Crippen LogP contribution in [-0.2, 0) is 11.3 Å². The van der Waals surface area contributed by atoms with Crippen molar-refractivity contribution in [2.75, 3.05) is 30.8 Å². The van der Waals surface area contributed by atoms with E-state index < -0.39 is 23.1 Å². The first-order chi connectivity index (χ1) is 17.2. The molecule has 0 saturated carbocycles. The Morgan fingerprint density at radius 3 is 2.72 bits per heavy atom. The van der Waals surface area contributed by atoms with Gasteiger partial charge in [-0.05, 0) is 24.1 Å². The number of carboxylic acids is 1. The quantitative estimate of drug-likeness (QED) is 0.359. The van der Waals surface area contributed by atoms with Crippen LogP contribution in [0.15, 0.2) is 37.1 Å². The SMILES string of the molecule is COc1cc(F)c(-c2cc(Cn3cnc4c(N)ncnc43)c(N3CC[C@](N)(C(=O)O)C3)cn2)cc1F. The van der Waals surface area contributed by atoms with Gasteiger partial charge in [-0.15, -0.1) is 0 Å². The standard InChI is InChI=1S/C23H22F2N8O3/c1-36-18-6-14(24)13(5-15(18)25)16-4-12(8-33-11-31-19-20(26)29-10-30-21(19)33)17(7-28-16)32-3-2-23(27,9-32)22(34)35/h4-7,10-11H,2-3,8-9,27H2,1H3,(H,34,35)(H2,26,29,30)/t23-/m1/s1. The molecule has 0 unspecified atom stereocenters. The molecule has 1 aliphatic heterocycles. The van der Waals surface area contributed by atoms with E-state index in [1.165, 1.54) is 19.6 Å². The van der Waals surface area contributed by atoms with Crippen molar-refractivity contribution in [2.45, 2.75) is 18.5 Å². The third-order valence-corrected chi connectivity index (χ3v) is 6.32. The van der Waals surface area contributed by atoms with Gasteiger partial charge in [-0.3, -0.25) is 9.78 Å². The Bertz CT molecular complexity index is 1490. The second kappa shape index (κ2) is 8.68. The number of carbonyl (C=O) groups is 1. The van der Waals surface area contributed by atoms with Crippen LogP contribution in [0.4, 0.5) is 20.3 Å². The minimum Gasteiger partial charge on any atom is -0.494 e. The molecule has 1 atom stereocenters. The first-order valence-corrected chi connectivity index (χ1v) is 10.9. The summed E-state index contributed by atoms with van der Waals surface area (Å²) in [4.78, 5) is 30.3. The Morgan fingerprint density at radius 1 is 1.19 bits per heavy atom. The average molecular weight is 496 g/mol. The van der Waals surface area contributed by atoms with Crippen molar-refractivity contribution in [3.8, 4) is 17.0 Å². The van der Waals surface area contributed by atoms with Crippen molar-refractivity contribution in [3.63, 3.8) is 0 Å². The number of ether oxygens (including phenoxy) is 1. The highest BCUT2D eigenvalue weighted by Gasteiger charge is 2.42. The van der Waals surface area contributed by atoms with Crippen LogP contribution in [0.2, 0.25) is 0 Å². The topological polar surface area (TPSA) is 158 Å². The van der Waals surface area contributed by atoms with Gasteiger partial charge in [0.25, 0.3) is 0 Å². The molecule has 1 saturated heterocycles. The summed E-state index contributed by atoms with van der Waals surface area (Å²) in [6, 6.07) is 3.60. The lowest BCUT2D eigenvalue weighted by molar-refractivity contribution is -0.142. The molecular formula is C23H22F2N8O3. The predicted molar refractivity (Wildman–Crippen MR) is 126 cm³/mol. The monoisotopic (exact) mass is 496 g/mol. The van der Waals surface area contributed by atoms with Crippen LogP contribution in [-0.4, -0.2) is 61.3 Å². The van der Waals surface area contributed by atoms with Crippen molar-refractivity contribution in [3.05, 3.63) is 54.2 Å². The third kappa shape index (κ3) is 3.92. The fourth-order valence-electron chi connectivity index (χ4n) is 4.34. The number of halogens is 2. The lowest BCUT2D eigenvalue weighted by Crippen LogP contribution is -2.50. The first-order valence-electron chi connectivity index (χ1n) is 10.9. The first kappa shape index (κ1) is 23.4. The maximum Gasteiger partial charge on any atom is 0.325 e. The molecule has 1 aromatic carbocycles. The second-order valence-electron chi connectivity index (χ2n) is 8.60. The van der Waals surface area contributed by atoms with Gasteiger partial charge in [0.15, 0.2) is 23.0 Å². The van der Waals surface area contributed by atoms with Crippen molar-refractivity contribution in [2.24, 2.45) is 5.73 Å². The fourth-order valence-corrected chi connectivity index (χ4v) is 4.34. The van der Waals surface area contributed by atoms with Crippen LogP contribution < -0.4 is 21.1 Å². The minimum atomic E-state index is -1.41. The molecule has 4 aromatic rings. The van der Waals surface area contributed by atoms with E-state index in [4.69, 9.17) is 16.2 Å². The molecule has 1 fully saturated rings. The number of fused-ring (bicyclic) bond motifs is 1. The summed E-state index contributed by atoms with van der Waals surface area (Å²) in [5, 5.41) is 9.56. The van der Waals surface area contributed by atoms with Crippen molar-refractivity contribution < 1.29 is 23.4 Å². The molecule has 0 radical (unpaired) electrons. The number of methoxy groups -OCH3 is 1. The van der Waals surface area contributed by atoms with E-state index in [9.17, 15) is 18.7 Å². The number of pyridine rings is 1. The predicted octanol–water partition coefficient (Wildman–Crippen LogP) is 1.80. The summed E-state index contributed by atoms with van der Waals surface area (Å²) in [5.74, 6) is -2.54. The van der Waals surface area contributed by atoms with E-state index in [2.05, 4.69) is 19.9 Å². The molecule has 1 aliphatic rings. The maximum absolute atomic E-state index is 14.8. The van der Waals surface area contributed by atoms with Crippen molar-refractivity contribution in [1.29, 1.82) is 0 Å². The Hall–Kier alpha value is -4.39. The van der Waals surface area contributed by atoms with Crippen LogP contribution in [0.25, 0.3) is 22.4 Å². The summed E-state index contributed by atoms with van der Waals surface area (Å²) in [5.41, 5.74) is 12.8. The van der Waals surface area contributed by atoms with Gasteiger partial charge < -0.3 is 30.8 Å². The molecule has 13 heteroatoms. The lowest BCUT2D eigenvalue weighted by atomic mass is 10.0. The molecule has 4 heterocycles. The zero-order valence-corrected chi connectivity index (χ0v) is 19.2. The van der Waals surface area contributed by atoms with Crippen LogP contribution >= 0.6 is 0 Å². The largest absolute Gasteiger partial charge is 0.494 e. The van der Waals surface area contributed by atoms with Gasteiger partial charge in [-0.1, -0.05) is 0 Å². The molecule has 36 heavy (non-hydrogen) atoms. The van der Waals surface area contributed by atoms with E-state index in [0.29, 0.717) is 29.0 Å². The average Bonchev–Trinajstić information content (AvgIpc) is 3.46. The zero-order valence-electron chi connectivity index (χ0n) is 19.2. The lowest BCUT2D eigenvalue weighted by Gasteiger charge is -2.24. The van der Waals surface area contributed by atoms with Crippen LogP contribution in [0.5, 0.6) is 5.75 Å². The third-order valence-electron chi connectivity index (χ3n) is 6.32. The van der Waals surface area contributed by atoms with Crippen molar-refractivity contribution >= 4 is 28.6 Å². The minimum absolute atomic E-state index is 0.0525. The summed E-state index contributed by atoms with van der Waals surface area (Å²) in [6.45, 7) is 0.642. The van der Waals surface area contributed by atoms with Gasteiger partial charge in [-0.2, -0.15) is 0 Å². The van der Waals surface area contributed by atoms with Crippen LogP contribution in [0.3, 0.4) is 0 Å². The number of aromatic nitrogens is 5. The van der Waals surface area contributed by atoms with Crippen molar-refractivity contribution in [1.82, 2.24) is 24.5 Å². The molecule has 0 amide bonds. The highest BCUT2D eigenvalue weighted by molar-refractivity contribution is 5.82. The Morgan fingerprint density at radius 2 is 2.00 bits per heavy atom. The van der Waals surface area contributed by atoms with Gasteiger partial charge >= 0.3 is 5.97 Å². The maximum atomic E-state index is 14.8. The molecular weight excluding hydrogens is 474 g/mol. The number of benzene rings is 1. The number of rotatable bonds is 6. The van der Waals surface area contributed by atoms with Gasteiger partial charge in [0.05, 0.1) is 37.6 Å². The second-order valence-corrected chi connectivity index (χ2v) is 8.60. The molecule has 0 bridgehead atoms. The number of carboxylic acid groups (broad SMARTS) is 1. The van der Waals surface area contributed by atoms with Gasteiger partial charge in [0.1, 0.15) is 23.2 Å². The molecule has 3 aromatic heterocycles. The van der Waals surface area contributed by atoms with E-state index in [-0.39, 0.29) is 42.3 Å². The summed E-state index contributed by atoms with van der Waals surface area (Å²) >= 11 is 0. The molecule has 186 valence electrons. The summed E-state index contributed by atoms with van der Waals surface area (Å²) in [6.07, 6.45) is 4.60.